The van der Waals surface area contributed by atoms with Crippen molar-refractivity contribution in [3.05, 3.63) is 71.9 Å². The van der Waals surface area contributed by atoms with Gasteiger partial charge >= 0.3 is 0 Å². The number of aromatic nitrogens is 2. The predicted octanol–water partition coefficient (Wildman–Crippen LogP) is 3.93. The van der Waals surface area contributed by atoms with Crippen molar-refractivity contribution < 1.29 is 13.7 Å². The maximum absolute atomic E-state index is 13.0. The molecule has 2 aromatic carbocycles. The van der Waals surface area contributed by atoms with Crippen molar-refractivity contribution in [3.8, 4) is 11.4 Å². The molecule has 1 aromatic heterocycles. The van der Waals surface area contributed by atoms with Gasteiger partial charge in [0, 0.05) is 5.56 Å². The van der Waals surface area contributed by atoms with Crippen molar-refractivity contribution in [1.29, 1.82) is 0 Å². The second kappa shape index (κ2) is 7.91. The summed E-state index contributed by atoms with van der Waals surface area (Å²) in [7, 11) is 0. The average Bonchev–Trinajstić information content (AvgIpc) is 3.12. The lowest BCUT2D eigenvalue weighted by molar-refractivity contribution is -0.121. The normalized spacial score (nSPS) is 12.2. The SMILES string of the molecule is CC(C)[C@H](NC(=O)Cc1ccc(F)cc1)c1nc(-c2ccccc2)no1. The van der Waals surface area contributed by atoms with Gasteiger partial charge in [0.15, 0.2) is 0 Å². The highest BCUT2D eigenvalue weighted by Gasteiger charge is 2.24. The highest BCUT2D eigenvalue weighted by Crippen LogP contribution is 2.23. The van der Waals surface area contributed by atoms with Crippen molar-refractivity contribution >= 4 is 5.91 Å². The first-order valence-corrected chi connectivity index (χ1v) is 8.46. The van der Waals surface area contributed by atoms with Gasteiger partial charge in [-0.15, -0.1) is 0 Å². The van der Waals surface area contributed by atoms with Gasteiger partial charge in [-0.25, -0.2) is 4.39 Å². The molecule has 0 aliphatic heterocycles. The number of carbonyl (C=O) groups is 1. The Morgan fingerprint density at radius 3 is 2.46 bits per heavy atom. The van der Waals surface area contributed by atoms with Crippen LogP contribution in [-0.4, -0.2) is 16.0 Å². The quantitative estimate of drug-likeness (QED) is 0.729. The van der Waals surface area contributed by atoms with Crippen molar-refractivity contribution in [1.82, 2.24) is 15.5 Å². The van der Waals surface area contributed by atoms with E-state index < -0.39 is 6.04 Å². The monoisotopic (exact) mass is 353 g/mol. The van der Waals surface area contributed by atoms with Crippen LogP contribution < -0.4 is 5.32 Å². The first-order chi connectivity index (χ1) is 12.5. The van der Waals surface area contributed by atoms with E-state index in [4.69, 9.17) is 4.52 Å². The molecule has 0 aliphatic carbocycles. The number of nitrogens with one attached hydrogen (secondary N) is 1. The van der Waals surface area contributed by atoms with Gasteiger partial charge in [-0.3, -0.25) is 4.79 Å². The zero-order chi connectivity index (χ0) is 18.5. The molecule has 0 aliphatic rings. The molecule has 134 valence electrons. The smallest absolute Gasteiger partial charge is 0.249 e. The van der Waals surface area contributed by atoms with Crippen LogP contribution in [0.2, 0.25) is 0 Å². The van der Waals surface area contributed by atoms with Gasteiger partial charge in [0.25, 0.3) is 0 Å². The summed E-state index contributed by atoms with van der Waals surface area (Å²) in [4.78, 5) is 16.8. The molecule has 1 atom stereocenters. The molecule has 0 unspecified atom stereocenters. The maximum atomic E-state index is 13.0. The molecule has 0 radical (unpaired) electrons. The summed E-state index contributed by atoms with van der Waals surface area (Å²) in [6.07, 6.45) is 0.156. The number of hydrogen-bond donors (Lipinski definition) is 1. The fourth-order valence-corrected chi connectivity index (χ4v) is 2.59. The lowest BCUT2D eigenvalue weighted by atomic mass is 10.0. The molecule has 0 bridgehead atoms. The van der Waals surface area contributed by atoms with Gasteiger partial charge in [-0.2, -0.15) is 4.98 Å². The lowest BCUT2D eigenvalue weighted by Gasteiger charge is -2.18. The fourth-order valence-electron chi connectivity index (χ4n) is 2.59. The summed E-state index contributed by atoms with van der Waals surface area (Å²) < 4.78 is 18.4. The maximum Gasteiger partial charge on any atom is 0.249 e. The van der Waals surface area contributed by atoms with Crippen LogP contribution in [0.1, 0.15) is 31.3 Å². The number of halogens is 1. The molecule has 26 heavy (non-hydrogen) atoms. The second-order valence-corrected chi connectivity index (χ2v) is 6.41. The molecule has 3 aromatic rings. The molecule has 1 N–H and O–H groups in total. The highest BCUT2D eigenvalue weighted by atomic mass is 19.1. The average molecular weight is 353 g/mol. The summed E-state index contributed by atoms with van der Waals surface area (Å²) in [5.74, 6) is 0.407. The number of rotatable bonds is 6. The van der Waals surface area contributed by atoms with Gasteiger partial charge < -0.3 is 9.84 Å². The van der Waals surface area contributed by atoms with E-state index in [1.54, 1.807) is 12.1 Å². The van der Waals surface area contributed by atoms with Gasteiger partial charge in [0.2, 0.25) is 17.6 Å². The van der Waals surface area contributed by atoms with Crippen LogP contribution in [0.5, 0.6) is 0 Å². The van der Waals surface area contributed by atoms with Crippen LogP contribution in [0.4, 0.5) is 4.39 Å². The van der Waals surface area contributed by atoms with E-state index in [-0.39, 0.29) is 24.1 Å². The zero-order valence-corrected chi connectivity index (χ0v) is 14.6. The number of hydrogen-bond acceptors (Lipinski definition) is 4. The number of carbonyl (C=O) groups excluding carboxylic acids is 1. The first kappa shape index (κ1) is 17.8. The van der Waals surface area contributed by atoms with E-state index in [1.165, 1.54) is 12.1 Å². The van der Waals surface area contributed by atoms with Crippen LogP contribution in [0.3, 0.4) is 0 Å². The Kier molecular flexibility index (Phi) is 5.41. The lowest BCUT2D eigenvalue weighted by Crippen LogP contribution is -2.33. The molecular formula is C20H20FN3O2. The van der Waals surface area contributed by atoms with E-state index >= 15 is 0 Å². The molecular weight excluding hydrogens is 333 g/mol. The fraction of sp³-hybridized carbons (Fsp3) is 0.250. The Morgan fingerprint density at radius 2 is 1.81 bits per heavy atom. The Balaban J connectivity index is 1.72. The van der Waals surface area contributed by atoms with Gasteiger partial charge in [-0.1, -0.05) is 61.5 Å². The van der Waals surface area contributed by atoms with Crippen molar-refractivity contribution in [3.63, 3.8) is 0 Å². The Hall–Kier alpha value is -3.02. The minimum atomic E-state index is -0.395. The van der Waals surface area contributed by atoms with Crippen LogP contribution >= 0.6 is 0 Å². The van der Waals surface area contributed by atoms with Crippen LogP contribution in [0.15, 0.2) is 59.1 Å². The van der Waals surface area contributed by atoms with Crippen molar-refractivity contribution in [2.24, 2.45) is 5.92 Å². The van der Waals surface area contributed by atoms with E-state index in [0.717, 1.165) is 11.1 Å². The van der Waals surface area contributed by atoms with Gasteiger partial charge in [-0.05, 0) is 23.6 Å². The van der Waals surface area contributed by atoms with Crippen molar-refractivity contribution in [2.45, 2.75) is 26.3 Å². The predicted molar refractivity (Wildman–Crippen MR) is 95.6 cm³/mol. The van der Waals surface area contributed by atoms with Gasteiger partial charge in [0.05, 0.1) is 6.42 Å². The Labute approximate surface area is 151 Å². The molecule has 1 heterocycles. The van der Waals surface area contributed by atoms with Crippen LogP contribution in [0.25, 0.3) is 11.4 Å². The molecule has 5 nitrogen and oxygen atoms in total. The summed E-state index contributed by atoms with van der Waals surface area (Å²) in [6.45, 7) is 3.93. The highest BCUT2D eigenvalue weighted by molar-refractivity contribution is 5.78. The number of benzene rings is 2. The molecule has 0 fully saturated rings. The summed E-state index contributed by atoms with van der Waals surface area (Å²) in [5, 5.41) is 6.94. The van der Waals surface area contributed by atoms with Crippen LogP contribution in [0, 0.1) is 11.7 Å². The largest absolute Gasteiger partial charge is 0.344 e. The summed E-state index contributed by atoms with van der Waals surface area (Å²) in [6, 6.07) is 15.0. The third-order valence-corrected chi connectivity index (χ3v) is 4.00. The van der Waals surface area contributed by atoms with Gasteiger partial charge in [0.1, 0.15) is 11.9 Å². The minimum absolute atomic E-state index is 0.0660. The number of amides is 1. The second-order valence-electron chi connectivity index (χ2n) is 6.41. The Bertz CT molecular complexity index is 860. The molecule has 0 saturated heterocycles. The molecule has 1 amide bonds. The molecule has 0 saturated carbocycles. The number of nitrogens with zero attached hydrogens (tertiary/aromatic N) is 2. The third kappa shape index (κ3) is 4.33. The Morgan fingerprint density at radius 1 is 1.12 bits per heavy atom. The topological polar surface area (TPSA) is 68.0 Å². The summed E-state index contributed by atoms with van der Waals surface area (Å²) >= 11 is 0. The summed E-state index contributed by atoms with van der Waals surface area (Å²) in [5.41, 5.74) is 1.59. The molecule has 0 spiro atoms. The zero-order valence-electron chi connectivity index (χ0n) is 14.6. The third-order valence-electron chi connectivity index (χ3n) is 4.00. The van der Waals surface area contributed by atoms with Crippen molar-refractivity contribution in [2.75, 3.05) is 0 Å². The molecule has 6 heteroatoms. The standard InChI is InChI=1S/C20H20FN3O2/c1-13(2)18(22-17(25)12-14-8-10-16(21)11-9-14)20-23-19(24-26-20)15-6-4-3-5-7-15/h3-11,13,18H,12H2,1-2H3,(H,22,25)/t18-/m0/s1. The molecule has 3 rings (SSSR count). The van der Waals surface area contributed by atoms with E-state index in [0.29, 0.717) is 11.7 Å². The first-order valence-electron chi connectivity index (χ1n) is 8.46. The van der Waals surface area contributed by atoms with E-state index in [1.807, 2.05) is 44.2 Å². The minimum Gasteiger partial charge on any atom is -0.344 e. The van der Waals surface area contributed by atoms with E-state index in [2.05, 4.69) is 15.5 Å². The van der Waals surface area contributed by atoms with Crippen LogP contribution in [-0.2, 0) is 11.2 Å². The van der Waals surface area contributed by atoms with E-state index in [9.17, 15) is 9.18 Å².